The highest BCUT2D eigenvalue weighted by Gasteiger charge is 2.10. The fourth-order valence-electron chi connectivity index (χ4n) is 3.27. The van der Waals surface area contributed by atoms with Gasteiger partial charge in [-0.3, -0.25) is 4.90 Å². The van der Waals surface area contributed by atoms with Crippen molar-refractivity contribution in [3.05, 3.63) is 35.4 Å². The predicted molar refractivity (Wildman–Crippen MR) is 115 cm³/mol. The van der Waals surface area contributed by atoms with E-state index in [2.05, 4.69) is 57.7 Å². The molecule has 0 unspecified atom stereocenters. The van der Waals surface area contributed by atoms with E-state index >= 15 is 0 Å². The summed E-state index contributed by atoms with van der Waals surface area (Å²) in [6, 6.07) is 8.87. The lowest BCUT2D eigenvalue weighted by Crippen LogP contribution is -2.33. The van der Waals surface area contributed by atoms with Crippen molar-refractivity contribution in [2.45, 2.75) is 32.2 Å². The molecule has 0 bridgehead atoms. The third-order valence-electron chi connectivity index (χ3n) is 4.70. The Morgan fingerprint density at radius 2 is 1.52 bits per heavy atom. The molecule has 3 rings (SSSR count). The normalized spacial score (nSPS) is 18.4. The first-order chi connectivity index (χ1) is 11.4. The summed E-state index contributed by atoms with van der Waals surface area (Å²) in [5, 5.41) is 0. The summed E-state index contributed by atoms with van der Waals surface area (Å²) in [5.41, 5.74) is 2.57. The molecule has 1 aromatic rings. The molecule has 0 atom stereocenters. The summed E-state index contributed by atoms with van der Waals surface area (Å²) in [6.45, 7) is 7.21. The molecule has 2 heterocycles. The van der Waals surface area contributed by atoms with Gasteiger partial charge in [0.05, 0.1) is 0 Å². The molecule has 2 fully saturated rings. The van der Waals surface area contributed by atoms with E-state index < -0.39 is 0 Å². The monoisotopic (exact) mass is 400 g/mol. The highest BCUT2D eigenvalue weighted by molar-refractivity contribution is 7.99. The van der Waals surface area contributed by atoms with Crippen LogP contribution >= 0.6 is 36.6 Å². The molecule has 0 radical (unpaired) electrons. The van der Waals surface area contributed by atoms with Gasteiger partial charge in [-0.05, 0) is 43.6 Å². The molecule has 5 heteroatoms. The third-order valence-corrected chi connectivity index (χ3v) is 5.64. The predicted octanol–water partition coefficient (Wildman–Crippen LogP) is 4.31. The standard InChI is InChI=1S/C20H28N2S.2ClH/c1-3-12-22(13-4-1)18-20-9-7-19(8-10-20)6-2-5-11-21-14-16-23-17-15-21;;/h7-10H,1,3-5,11-18H2;2*1H. The number of halogens is 2. The molecule has 0 saturated carbocycles. The van der Waals surface area contributed by atoms with Crippen LogP contribution in [0.4, 0.5) is 0 Å². The Morgan fingerprint density at radius 3 is 2.20 bits per heavy atom. The van der Waals surface area contributed by atoms with Crippen molar-refractivity contribution in [1.29, 1.82) is 0 Å². The van der Waals surface area contributed by atoms with E-state index in [0.29, 0.717) is 0 Å². The summed E-state index contributed by atoms with van der Waals surface area (Å²) in [6.07, 6.45) is 5.11. The maximum atomic E-state index is 3.34. The maximum Gasteiger partial charge on any atom is 0.0245 e. The molecule has 2 aliphatic heterocycles. The minimum Gasteiger partial charge on any atom is -0.301 e. The molecule has 0 spiro atoms. The fraction of sp³-hybridized carbons (Fsp3) is 0.600. The Bertz CT molecular complexity index is 527. The highest BCUT2D eigenvalue weighted by atomic mass is 35.5. The van der Waals surface area contributed by atoms with Crippen LogP contribution in [0.2, 0.25) is 0 Å². The van der Waals surface area contributed by atoms with E-state index in [-0.39, 0.29) is 24.8 Å². The quantitative estimate of drug-likeness (QED) is 0.695. The lowest BCUT2D eigenvalue weighted by atomic mass is 10.1. The molecule has 0 aliphatic carbocycles. The lowest BCUT2D eigenvalue weighted by Gasteiger charge is -2.26. The number of thioether (sulfide) groups is 1. The second-order valence-electron chi connectivity index (χ2n) is 6.54. The van der Waals surface area contributed by atoms with E-state index in [0.717, 1.165) is 25.1 Å². The second-order valence-corrected chi connectivity index (χ2v) is 7.76. The maximum absolute atomic E-state index is 3.34. The minimum absolute atomic E-state index is 0. The first-order valence-electron chi connectivity index (χ1n) is 9.00. The first kappa shape index (κ1) is 22.7. The Hall–Kier alpha value is -0.370. The summed E-state index contributed by atoms with van der Waals surface area (Å²) in [4.78, 5) is 5.11. The fourth-order valence-corrected chi connectivity index (χ4v) is 4.25. The SMILES string of the molecule is C(#Cc1ccc(CN2CCCCC2)cc1)CCN1CCSCC1.Cl.Cl. The van der Waals surface area contributed by atoms with Crippen LogP contribution in [0.25, 0.3) is 0 Å². The van der Waals surface area contributed by atoms with Gasteiger partial charge in [0.25, 0.3) is 0 Å². The van der Waals surface area contributed by atoms with E-state index in [1.807, 2.05) is 0 Å². The van der Waals surface area contributed by atoms with Gasteiger partial charge in [0.15, 0.2) is 0 Å². The molecule has 1 aromatic carbocycles. The van der Waals surface area contributed by atoms with Gasteiger partial charge in [-0.1, -0.05) is 30.4 Å². The zero-order valence-corrected chi connectivity index (χ0v) is 17.4. The van der Waals surface area contributed by atoms with Crippen molar-refractivity contribution in [2.75, 3.05) is 44.2 Å². The van der Waals surface area contributed by atoms with Crippen LogP contribution in [0.3, 0.4) is 0 Å². The molecule has 2 nitrogen and oxygen atoms in total. The lowest BCUT2D eigenvalue weighted by molar-refractivity contribution is 0.221. The number of piperidine rings is 1. The molecule has 0 N–H and O–H groups in total. The second kappa shape index (κ2) is 12.9. The van der Waals surface area contributed by atoms with Gasteiger partial charge in [0.2, 0.25) is 0 Å². The zero-order valence-electron chi connectivity index (χ0n) is 14.9. The molecule has 2 saturated heterocycles. The average molecular weight is 401 g/mol. The minimum atomic E-state index is 0. The average Bonchev–Trinajstić information content (AvgIpc) is 2.62. The summed E-state index contributed by atoms with van der Waals surface area (Å²) in [7, 11) is 0. The van der Waals surface area contributed by atoms with E-state index in [4.69, 9.17) is 0 Å². The van der Waals surface area contributed by atoms with Crippen LogP contribution in [0.1, 0.15) is 36.8 Å². The van der Waals surface area contributed by atoms with E-state index in [9.17, 15) is 0 Å². The van der Waals surface area contributed by atoms with Gasteiger partial charge < -0.3 is 4.90 Å². The Balaban J connectivity index is 0.00000156. The van der Waals surface area contributed by atoms with E-state index in [1.54, 1.807) is 0 Å². The number of hydrogen-bond donors (Lipinski definition) is 0. The Morgan fingerprint density at radius 1 is 0.840 bits per heavy atom. The Labute approximate surface area is 169 Å². The van der Waals surface area contributed by atoms with Crippen molar-refractivity contribution in [3.63, 3.8) is 0 Å². The largest absolute Gasteiger partial charge is 0.301 e. The Kier molecular flexibility index (Phi) is 11.7. The smallest absolute Gasteiger partial charge is 0.0245 e. The van der Waals surface area contributed by atoms with Gasteiger partial charge in [-0.2, -0.15) is 11.8 Å². The topological polar surface area (TPSA) is 6.48 Å². The van der Waals surface area contributed by atoms with Crippen LogP contribution in [0.5, 0.6) is 0 Å². The molecule has 0 aromatic heterocycles. The first-order valence-corrected chi connectivity index (χ1v) is 10.2. The molecule has 25 heavy (non-hydrogen) atoms. The highest BCUT2D eigenvalue weighted by Crippen LogP contribution is 2.13. The van der Waals surface area contributed by atoms with E-state index in [1.165, 1.54) is 62.5 Å². The van der Waals surface area contributed by atoms with Crippen LogP contribution in [-0.4, -0.2) is 54.0 Å². The van der Waals surface area contributed by atoms with Crippen LogP contribution in [-0.2, 0) is 6.54 Å². The molecule has 0 amide bonds. The van der Waals surface area contributed by atoms with Crippen molar-refractivity contribution in [1.82, 2.24) is 9.80 Å². The molecule has 2 aliphatic rings. The summed E-state index contributed by atoms with van der Waals surface area (Å²) < 4.78 is 0. The van der Waals surface area contributed by atoms with Crippen LogP contribution < -0.4 is 0 Å². The van der Waals surface area contributed by atoms with Gasteiger partial charge in [-0.15, -0.1) is 24.8 Å². The van der Waals surface area contributed by atoms with Gasteiger partial charge in [0.1, 0.15) is 0 Å². The van der Waals surface area contributed by atoms with Crippen molar-refractivity contribution >= 4 is 36.6 Å². The number of hydrogen-bond acceptors (Lipinski definition) is 3. The van der Waals surface area contributed by atoms with Crippen LogP contribution in [0.15, 0.2) is 24.3 Å². The van der Waals surface area contributed by atoms with Crippen molar-refractivity contribution in [3.8, 4) is 11.8 Å². The molecular weight excluding hydrogens is 371 g/mol. The van der Waals surface area contributed by atoms with Gasteiger partial charge in [-0.25, -0.2) is 0 Å². The third kappa shape index (κ3) is 8.24. The zero-order chi connectivity index (χ0) is 15.7. The summed E-state index contributed by atoms with van der Waals surface area (Å²) >= 11 is 2.07. The molecule has 140 valence electrons. The molecular formula is C20H30Cl2N2S. The summed E-state index contributed by atoms with van der Waals surface area (Å²) in [5.74, 6) is 9.23. The van der Waals surface area contributed by atoms with Gasteiger partial charge in [0, 0.05) is 49.7 Å². The van der Waals surface area contributed by atoms with Crippen molar-refractivity contribution in [2.24, 2.45) is 0 Å². The number of likely N-dealkylation sites (tertiary alicyclic amines) is 1. The van der Waals surface area contributed by atoms with Crippen molar-refractivity contribution < 1.29 is 0 Å². The van der Waals surface area contributed by atoms with Crippen LogP contribution in [0, 0.1) is 11.8 Å². The number of rotatable bonds is 4. The number of nitrogens with zero attached hydrogens (tertiary/aromatic N) is 2. The van der Waals surface area contributed by atoms with Gasteiger partial charge >= 0.3 is 0 Å². The number of benzene rings is 1.